The molecule has 0 bridgehead atoms. The fourth-order valence-electron chi connectivity index (χ4n) is 1.32. The minimum absolute atomic E-state index is 0.0362. The number of thioether (sulfide) groups is 1. The first-order chi connectivity index (χ1) is 8.29. The molecule has 0 aliphatic heterocycles. The Kier molecular flexibility index (Phi) is 5.62. The first kappa shape index (κ1) is 15.5. The molecule has 0 fully saturated rings. The molecule has 1 unspecified atom stereocenters. The zero-order valence-corrected chi connectivity index (χ0v) is 11.2. The van der Waals surface area contributed by atoms with Gasteiger partial charge in [0.2, 0.25) is 0 Å². The first-order valence-corrected chi connectivity index (χ1v) is 6.54. The Hall–Kier alpha value is -0.590. The molecule has 1 aromatic rings. The summed E-state index contributed by atoms with van der Waals surface area (Å²) in [5, 5.41) is 0.513. The van der Waals surface area contributed by atoms with Crippen LogP contribution in [0.1, 0.15) is 18.5 Å². The Morgan fingerprint density at radius 2 is 2.11 bits per heavy atom. The maximum absolute atomic E-state index is 11.9. The van der Waals surface area contributed by atoms with Crippen molar-refractivity contribution in [3.05, 3.63) is 28.8 Å². The molecule has 0 saturated carbocycles. The molecule has 0 spiro atoms. The molecular weight excluding hydrogens is 287 g/mol. The average Bonchev–Trinajstić information content (AvgIpc) is 2.24. The lowest BCUT2D eigenvalue weighted by atomic mass is 10.1. The predicted molar refractivity (Wildman–Crippen MR) is 68.1 cm³/mol. The highest BCUT2D eigenvalue weighted by atomic mass is 35.5. The highest BCUT2D eigenvalue weighted by Gasteiger charge is 2.27. The van der Waals surface area contributed by atoms with Crippen molar-refractivity contribution >= 4 is 23.4 Å². The van der Waals surface area contributed by atoms with Gasteiger partial charge in [0, 0.05) is 22.4 Å². The van der Waals surface area contributed by atoms with Crippen LogP contribution in [0.5, 0.6) is 5.75 Å². The van der Waals surface area contributed by atoms with Crippen LogP contribution in [-0.4, -0.2) is 17.9 Å². The third kappa shape index (κ3) is 5.37. The van der Waals surface area contributed by atoms with Crippen molar-refractivity contribution < 1.29 is 17.9 Å². The van der Waals surface area contributed by atoms with Gasteiger partial charge in [-0.1, -0.05) is 11.6 Å². The number of alkyl halides is 3. The van der Waals surface area contributed by atoms with E-state index in [0.29, 0.717) is 16.3 Å². The molecule has 0 aliphatic carbocycles. The van der Waals surface area contributed by atoms with Crippen LogP contribution in [0.15, 0.2) is 18.2 Å². The zero-order valence-electron chi connectivity index (χ0n) is 9.63. The van der Waals surface area contributed by atoms with E-state index in [9.17, 15) is 13.2 Å². The Bertz CT molecular complexity index is 398. The summed E-state index contributed by atoms with van der Waals surface area (Å²) in [6.07, 6.45) is 0. The minimum Gasteiger partial charge on any atom is -0.492 e. The van der Waals surface area contributed by atoms with Crippen LogP contribution in [0.3, 0.4) is 0 Å². The quantitative estimate of drug-likeness (QED) is 0.835. The van der Waals surface area contributed by atoms with E-state index in [1.54, 1.807) is 25.1 Å². The fraction of sp³-hybridized carbons (Fsp3) is 0.455. The monoisotopic (exact) mass is 299 g/mol. The number of halogens is 4. The fourth-order valence-corrected chi connectivity index (χ4v) is 1.89. The molecule has 0 aliphatic rings. The summed E-state index contributed by atoms with van der Waals surface area (Å²) in [7, 11) is 0. The van der Waals surface area contributed by atoms with Gasteiger partial charge in [-0.25, -0.2) is 0 Å². The molecule has 2 N–H and O–H groups in total. The van der Waals surface area contributed by atoms with Gasteiger partial charge in [-0.3, -0.25) is 0 Å². The second-order valence-electron chi connectivity index (χ2n) is 3.61. The highest BCUT2D eigenvalue weighted by molar-refractivity contribution is 8.00. The molecule has 1 rings (SSSR count). The number of hydrogen-bond donors (Lipinski definition) is 1. The summed E-state index contributed by atoms with van der Waals surface area (Å²) in [6.45, 7) is 1.72. The second-order valence-corrected chi connectivity index (χ2v) is 5.21. The second kappa shape index (κ2) is 6.54. The molecule has 0 aromatic heterocycles. The van der Waals surface area contributed by atoms with Gasteiger partial charge in [-0.05, 0) is 36.9 Å². The van der Waals surface area contributed by atoms with Crippen LogP contribution in [0.2, 0.25) is 5.02 Å². The Morgan fingerprint density at radius 1 is 1.44 bits per heavy atom. The lowest BCUT2D eigenvalue weighted by Gasteiger charge is -2.14. The van der Waals surface area contributed by atoms with Gasteiger partial charge in [0.1, 0.15) is 5.75 Å². The van der Waals surface area contributed by atoms with Crippen LogP contribution in [0, 0.1) is 0 Å². The smallest absolute Gasteiger partial charge is 0.441 e. The van der Waals surface area contributed by atoms with Gasteiger partial charge in [-0.15, -0.1) is 0 Å². The molecular formula is C11H13ClF3NOS. The Labute approximate surface area is 113 Å². The van der Waals surface area contributed by atoms with Crippen molar-refractivity contribution in [2.75, 3.05) is 12.4 Å². The van der Waals surface area contributed by atoms with Crippen LogP contribution < -0.4 is 10.5 Å². The van der Waals surface area contributed by atoms with Crippen LogP contribution >= 0.6 is 23.4 Å². The number of rotatable bonds is 5. The number of nitrogens with two attached hydrogens (primary N) is 1. The Morgan fingerprint density at radius 3 is 2.67 bits per heavy atom. The van der Waals surface area contributed by atoms with Gasteiger partial charge in [0.15, 0.2) is 0 Å². The van der Waals surface area contributed by atoms with Crippen LogP contribution in [0.4, 0.5) is 13.2 Å². The van der Waals surface area contributed by atoms with Crippen LogP contribution in [-0.2, 0) is 0 Å². The highest BCUT2D eigenvalue weighted by Crippen LogP contribution is 2.31. The third-order valence-electron chi connectivity index (χ3n) is 2.07. The molecule has 1 atom stereocenters. The van der Waals surface area contributed by atoms with E-state index in [4.69, 9.17) is 22.1 Å². The van der Waals surface area contributed by atoms with E-state index < -0.39 is 5.51 Å². The van der Waals surface area contributed by atoms with Gasteiger partial charge in [0.25, 0.3) is 0 Å². The lowest BCUT2D eigenvalue weighted by Crippen LogP contribution is -2.11. The number of ether oxygens (including phenoxy) is 1. The van der Waals surface area contributed by atoms with E-state index in [-0.39, 0.29) is 30.2 Å². The third-order valence-corrected chi connectivity index (χ3v) is 3.00. The number of hydrogen-bond acceptors (Lipinski definition) is 3. The van der Waals surface area contributed by atoms with E-state index in [2.05, 4.69) is 0 Å². The molecule has 18 heavy (non-hydrogen) atoms. The van der Waals surface area contributed by atoms with E-state index in [1.165, 1.54) is 0 Å². The summed E-state index contributed by atoms with van der Waals surface area (Å²) in [5.74, 6) is 0.307. The maximum Gasteiger partial charge on any atom is 0.441 e. The van der Waals surface area contributed by atoms with E-state index in [1.807, 2.05) is 0 Å². The molecule has 2 nitrogen and oxygen atoms in total. The average molecular weight is 300 g/mol. The molecule has 0 saturated heterocycles. The van der Waals surface area contributed by atoms with Gasteiger partial charge in [0.05, 0.1) is 6.61 Å². The molecule has 0 amide bonds. The molecule has 7 heteroatoms. The molecule has 0 radical (unpaired) electrons. The van der Waals surface area contributed by atoms with E-state index in [0.717, 1.165) is 0 Å². The summed E-state index contributed by atoms with van der Waals surface area (Å²) in [6, 6.07) is 4.58. The van der Waals surface area contributed by atoms with Crippen molar-refractivity contribution in [2.24, 2.45) is 5.73 Å². The first-order valence-electron chi connectivity index (χ1n) is 5.18. The maximum atomic E-state index is 11.9. The minimum atomic E-state index is -4.23. The van der Waals surface area contributed by atoms with Crippen molar-refractivity contribution in [3.63, 3.8) is 0 Å². The largest absolute Gasteiger partial charge is 0.492 e. The standard InChI is InChI=1S/C11H13ClF3NOS/c1-7(16)9-6-8(12)2-3-10(9)17-4-5-18-11(13,14)15/h2-3,6-7H,4-5,16H2,1H3. The SMILES string of the molecule is CC(N)c1cc(Cl)ccc1OCCSC(F)(F)F. The summed E-state index contributed by atoms with van der Waals surface area (Å²) < 4.78 is 41.0. The predicted octanol–water partition coefficient (Wildman–Crippen LogP) is 3.99. The number of benzene rings is 1. The van der Waals surface area contributed by atoms with Gasteiger partial charge < -0.3 is 10.5 Å². The topological polar surface area (TPSA) is 35.2 Å². The summed E-state index contributed by atoms with van der Waals surface area (Å²) >= 11 is 5.71. The van der Waals surface area contributed by atoms with E-state index >= 15 is 0 Å². The van der Waals surface area contributed by atoms with Crippen molar-refractivity contribution in [2.45, 2.75) is 18.5 Å². The normalized spacial score (nSPS) is 13.4. The van der Waals surface area contributed by atoms with Gasteiger partial charge in [-0.2, -0.15) is 13.2 Å². The zero-order chi connectivity index (χ0) is 13.8. The van der Waals surface area contributed by atoms with Crippen LogP contribution in [0.25, 0.3) is 0 Å². The molecule has 0 heterocycles. The Balaban J connectivity index is 2.57. The van der Waals surface area contributed by atoms with Crippen molar-refractivity contribution in [3.8, 4) is 5.75 Å². The summed E-state index contributed by atoms with van der Waals surface area (Å²) in [4.78, 5) is 0. The van der Waals surface area contributed by atoms with Crippen molar-refractivity contribution in [1.82, 2.24) is 0 Å². The molecule has 102 valence electrons. The lowest BCUT2D eigenvalue weighted by molar-refractivity contribution is -0.0329. The molecule has 1 aromatic carbocycles. The van der Waals surface area contributed by atoms with Crippen molar-refractivity contribution in [1.29, 1.82) is 0 Å². The summed E-state index contributed by atoms with van der Waals surface area (Å²) in [5.41, 5.74) is 2.18. The van der Waals surface area contributed by atoms with Gasteiger partial charge >= 0.3 is 5.51 Å².